The summed E-state index contributed by atoms with van der Waals surface area (Å²) in [5.74, 6) is 0.270. The van der Waals surface area contributed by atoms with Crippen LogP contribution in [0, 0.1) is 0 Å². The zero-order chi connectivity index (χ0) is 14.1. The molecule has 19 heavy (non-hydrogen) atoms. The minimum Gasteiger partial charge on any atom is -0.465 e. The molecule has 0 saturated heterocycles. The van der Waals surface area contributed by atoms with E-state index in [1.807, 2.05) is 14.1 Å². The van der Waals surface area contributed by atoms with E-state index in [2.05, 4.69) is 19.9 Å². The summed E-state index contributed by atoms with van der Waals surface area (Å²) in [6.07, 6.45) is 1.57. The number of carbonyl (C=O) groups is 1. The molecule has 1 aromatic rings. The first-order valence-electron chi connectivity index (χ1n) is 6.14. The lowest BCUT2D eigenvalue weighted by molar-refractivity contribution is 0.0600. The van der Waals surface area contributed by atoms with Gasteiger partial charge in [0.15, 0.2) is 0 Å². The van der Waals surface area contributed by atoms with Crippen molar-refractivity contribution in [3.05, 3.63) is 23.9 Å². The molecule has 0 aliphatic carbocycles. The number of nitrogens with zero attached hydrogens (tertiary/aromatic N) is 2. The lowest BCUT2D eigenvalue weighted by atomic mass is 10.2. The number of esters is 1. The van der Waals surface area contributed by atoms with Gasteiger partial charge in [0.25, 0.3) is 0 Å². The Morgan fingerprint density at radius 2 is 2.21 bits per heavy atom. The minimum atomic E-state index is -0.368. The van der Waals surface area contributed by atoms with E-state index in [1.54, 1.807) is 18.3 Å². The van der Waals surface area contributed by atoms with Crippen molar-refractivity contribution in [3.63, 3.8) is 0 Å². The molecule has 0 aliphatic heterocycles. The molecule has 1 rings (SSSR count). The highest BCUT2D eigenvalue weighted by atomic mass is 16.5. The highest BCUT2D eigenvalue weighted by molar-refractivity contribution is 5.89. The number of carbonyl (C=O) groups excluding carboxylic acids is 1. The number of pyridine rings is 1. The molecular weight excluding hydrogens is 246 g/mol. The fourth-order valence-electron chi connectivity index (χ4n) is 1.37. The van der Waals surface area contributed by atoms with Gasteiger partial charge in [-0.05, 0) is 26.2 Å². The number of aromatic nitrogens is 1. The fraction of sp³-hybridized carbons (Fsp3) is 0.538. The van der Waals surface area contributed by atoms with Gasteiger partial charge in [-0.2, -0.15) is 0 Å². The van der Waals surface area contributed by atoms with Crippen LogP contribution >= 0.6 is 0 Å². The summed E-state index contributed by atoms with van der Waals surface area (Å²) in [5, 5.41) is 3.09. The molecular formula is C13H21N3O3. The standard InChI is InChI=1S/C13H21N3O3/c1-16(2)7-9-19-8-6-15-12-10-11(4-5-14-12)13(17)18-3/h4-5,10H,6-9H2,1-3H3,(H,14,15). The van der Waals surface area contributed by atoms with Gasteiger partial charge in [0, 0.05) is 19.3 Å². The van der Waals surface area contributed by atoms with Crippen LogP contribution in [0.15, 0.2) is 18.3 Å². The van der Waals surface area contributed by atoms with E-state index in [1.165, 1.54) is 7.11 Å². The number of likely N-dealkylation sites (N-methyl/N-ethyl adjacent to an activating group) is 1. The molecule has 0 fully saturated rings. The molecule has 106 valence electrons. The maximum atomic E-state index is 11.3. The van der Waals surface area contributed by atoms with Crippen LogP contribution in [0.25, 0.3) is 0 Å². The third-order valence-electron chi connectivity index (χ3n) is 2.42. The van der Waals surface area contributed by atoms with Gasteiger partial charge < -0.3 is 19.7 Å². The third kappa shape index (κ3) is 6.17. The summed E-state index contributed by atoms with van der Waals surface area (Å²) in [4.78, 5) is 17.5. The molecule has 1 aromatic heterocycles. The van der Waals surface area contributed by atoms with E-state index in [0.717, 1.165) is 6.54 Å². The van der Waals surface area contributed by atoms with Gasteiger partial charge in [0.2, 0.25) is 0 Å². The largest absolute Gasteiger partial charge is 0.465 e. The summed E-state index contributed by atoms with van der Waals surface area (Å²) in [6.45, 7) is 2.84. The van der Waals surface area contributed by atoms with Crippen LogP contribution in [-0.2, 0) is 9.47 Å². The Bertz CT molecular complexity index is 396. The number of nitrogens with one attached hydrogen (secondary N) is 1. The molecule has 0 radical (unpaired) electrons. The number of methoxy groups -OCH3 is 1. The highest BCUT2D eigenvalue weighted by Gasteiger charge is 2.05. The predicted molar refractivity (Wildman–Crippen MR) is 73.4 cm³/mol. The van der Waals surface area contributed by atoms with Crippen LogP contribution < -0.4 is 5.32 Å². The second kappa shape index (κ2) is 8.44. The molecule has 0 bridgehead atoms. The van der Waals surface area contributed by atoms with E-state index in [0.29, 0.717) is 31.1 Å². The van der Waals surface area contributed by atoms with Crippen molar-refractivity contribution in [3.8, 4) is 0 Å². The number of ether oxygens (including phenoxy) is 2. The molecule has 6 heteroatoms. The number of anilines is 1. The average Bonchev–Trinajstić information content (AvgIpc) is 2.41. The Morgan fingerprint density at radius 3 is 2.89 bits per heavy atom. The van der Waals surface area contributed by atoms with Crippen LogP contribution in [0.5, 0.6) is 0 Å². The zero-order valence-electron chi connectivity index (χ0n) is 11.7. The molecule has 6 nitrogen and oxygen atoms in total. The molecule has 1 heterocycles. The quantitative estimate of drug-likeness (QED) is 0.557. The maximum absolute atomic E-state index is 11.3. The maximum Gasteiger partial charge on any atom is 0.338 e. The van der Waals surface area contributed by atoms with Crippen molar-refractivity contribution < 1.29 is 14.3 Å². The van der Waals surface area contributed by atoms with Crippen LogP contribution in [0.1, 0.15) is 10.4 Å². The minimum absolute atomic E-state index is 0.368. The van der Waals surface area contributed by atoms with Crippen LogP contribution in [0.2, 0.25) is 0 Å². The van der Waals surface area contributed by atoms with Crippen LogP contribution in [0.3, 0.4) is 0 Å². The fourth-order valence-corrected chi connectivity index (χ4v) is 1.37. The summed E-state index contributed by atoms with van der Waals surface area (Å²) >= 11 is 0. The van der Waals surface area contributed by atoms with Gasteiger partial charge >= 0.3 is 5.97 Å². The van der Waals surface area contributed by atoms with Crippen LogP contribution in [-0.4, -0.2) is 63.4 Å². The second-order valence-corrected chi connectivity index (χ2v) is 4.26. The molecule has 0 amide bonds. The number of hydrogen-bond donors (Lipinski definition) is 1. The van der Waals surface area contributed by atoms with Gasteiger partial charge in [0.05, 0.1) is 25.9 Å². The van der Waals surface area contributed by atoms with Gasteiger partial charge in [-0.25, -0.2) is 9.78 Å². The van der Waals surface area contributed by atoms with E-state index in [-0.39, 0.29) is 5.97 Å². The van der Waals surface area contributed by atoms with E-state index >= 15 is 0 Å². The molecule has 1 N–H and O–H groups in total. The van der Waals surface area contributed by atoms with Crippen molar-refractivity contribution in [2.75, 3.05) is 52.8 Å². The monoisotopic (exact) mass is 267 g/mol. The Balaban J connectivity index is 2.27. The lowest BCUT2D eigenvalue weighted by Crippen LogP contribution is -2.20. The van der Waals surface area contributed by atoms with Gasteiger partial charge in [-0.1, -0.05) is 0 Å². The van der Waals surface area contributed by atoms with Gasteiger partial charge in [-0.3, -0.25) is 0 Å². The molecule has 0 atom stereocenters. The van der Waals surface area contributed by atoms with Crippen molar-refractivity contribution in [1.29, 1.82) is 0 Å². The third-order valence-corrected chi connectivity index (χ3v) is 2.42. The van der Waals surface area contributed by atoms with E-state index in [4.69, 9.17) is 4.74 Å². The number of hydrogen-bond acceptors (Lipinski definition) is 6. The lowest BCUT2D eigenvalue weighted by Gasteiger charge is -2.10. The summed E-state index contributed by atoms with van der Waals surface area (Å²) in [6, 6.07) is 3.27. The average molecular weight is 267 g/mol. The zero-order valence-corrected chi connectivity index (χ0v) is 11.7. The first-order valence-corrected chi connectivity index (χ1v) is 6.14. The highest BCUT2D eigenvalue weighted by Crippen LogP contribution is 2.07. The van der Waals surface area contributed by atoms with Crippen LogP contribution in [0.4, 0.5) is 5.82 Å². The molecule has 0 unspecified atom stereocenters. The first-order chi connectivity index (χ1) is 9.13. The van der Waals surface area contributed by atoms with Crippen molar-refractivity contribution in [2.24, 2.45) is 0 Å². The van der Waals surface area contributed by atoms with Gasteiger partial charge in [0.1, 0.15) is 5.82 Å². The smallest absolute Gasteiger partial charge is 0.338 e. The second-order valence-electron chi connectivity index (χ2n) is 4.26. The topological polar surface area (TPSA) is 63.7 Å². The Labute approximate surface area is 113 Å². The summed E-state index contributed by atoms with van der Waals surface area (Å²) in [5.41, 5.74) is 0.480. The molecule has 0 spiro atoms. The summed E-state index contributed by atoms with van der Waals surface area (Å²) < 4.78 is 10.1. The van der Waals surface area contributed by atoms with Gasteiger partial charge in [-0.15, -0.1) is 0 Å². The molecule has 0 saturated carbocycles. The Kier molecular flexibility index (Phi) is 6.84. The molecule has 0 aliphatic rings. The van der Waals surface area contributed by atoms with Crippen molar-refractivity contribution in [1.82, 2.24) is 9.88 Å². The Morgan fingerprint density at radius 1 is 1.42 bits per heavy atom. The van der Waals surface area contributed by atoms with Crippen molar-refractivity contribution >= 4 is 11.8 Å². The van der Waals surface area contributed by atoms with Crippen molar-refractivity contribution in [2.45, 2.75) is 0 Å². The SMILES string of the molecule is COC(=O)c1ccnc(NCCOCCN(C)C)c1. The van der Waals surface area contributed by atoms with E-state index < -0.39 is 0 Å². The predicted octanol–water partition coefficient (Wildman–Crippen LogP) is 0.858. The Hall–Kier alpha value is -1.66. The number of rotatable bonds is 8. The summed E-state index contributed by atoms with van der Waals surface area (Å²) in [7, 11) is 5.36. The molecule has 0 aromatic carbocycles. The normalized spacial score (nSPS) is 10.5. The first kappa shape index (κ1) is 15.4. The van der Waals surface area contributed by atoms with E-state index in [9.17, 15) is 4.79 Å².